The van der Waals surface area contributed by atoms with E-state index in [1.54, 1.807) is 12.1 Å². The van der Waals surface area contributed by atoms with Gasteiger partial charge in [0.15, 0.2) is 5.13 Å². The summed E-state index contributed by atoms with van der Waals surface area (Å²) >= 11 is 13.0. The fourth-order valence-electron chi connectivity index (χ4n) is 2.38. The molecule has 7 nitrogen and oxygen atoms in total. The fourth-order valence-corrected chi connectivity index (χ4v) is 3.68. The highest BCUT2D eigenvalue weighted by molar-refractivity contribution is 7.14. The molecule has 1 atom stereocenters. The highest BCUT2D eigenvalue weighted by atomic mass is 35.5. The minimum absolute atomic E-state index is 0.0500. The van der Waals surface area contributed by atoms with Gasteiger partial charge in [0.25, 0.3) is 5.91 Å². The Bertz CT molecular complexity index is 870. The maximum atomic E-state index is 12.6. The van der Waals surface area contributed by atoms with E-state index in [9.17, 15) is 14.4 Å². The summed E-state index contributed by atoms with van der Waals surface area (Å²) in [5.41, 5.74) is 0.787. The van der Waals surface area contributed by atoms with Crippen LogP contribution in [0.15, 0.2) is 23.6 Å². The quantitative estimate of drug-likeness (QED) is 0.749. The molecule has 1 unspecified atom stereocenters. The van der Waals surface area contributed by atoms with E-state index in [2.05, 4.69) is 10.3 Å². The summed E-state index contributed by atoms with van der Waals surface area (Å²) in [5, 5.41) is 14.2. The van der Waals surface area contributed by atoms with Crippen LogP contribution in [0.1, 0.15) is 12.1 Å². The number of aliphatic carboxylic acids is 1. The molecule has 1 aromatic heterocycles. The van der Waals surface area contributed by atoms with E-state index < -0.39 is 23.8 Å². The van der Waals surface area contributed by atoms with Gasteiger partial charge in [0.05, 0.1) is 29.2 Å². The number of hydrogen-bond acceptors (Lipinski definition) is 6. The van der Waals surface area contributed by atoms with Gasteiger partial charge in [-0.25, -0.2) is 9.88 Å². The topological polar surface area (TPSA) is 99.6 Å². The van der Waals surface area contributed by atoms with Crippen LogP contribution >= 0.6 is 34.5 Å². The number of imide groups is 1. The van der Waals surface area contributed by atoms with Crippen molar-refractivity contribution in [3.05, 3.63) is 39.3 Å². The summed E-state index contributed by atoms with van der Waals surface area (Å²) in [4.78, 5) is 40.5. The highest BCUT2D eigenvalue weighted by Crippen LogP contribution is 2.31. The van der Waals surface area contributed by atoms with E-state index in [4.69, 9.17) is 28.3 Å². The van der Waals surface area contributed by atoms with Crippen molar-refractivity contribution in [1.29, 1.82) is 0 Å². The number of amides is 2. The summed E-state index contributed by atoms with van der Waals surface area (Å²) in [7, 11) is 0. The molecule has 2 amide bonds. The SMILES string of the molecule is O=C(O)Cc1csc(N2C(=O)CC(Nc3ccc(Cl)cc3Cl)C2=O)n1. The van der Waals surface area contributed by atoms with Gasteiger partial charge in [0, 0.05) is 10.4 Å². The van der Waals surface area contributed by atoms with Crippen LogP contribution in [0.4, 0.5) is 10.8 Å². The third-order valence-corrected chi connectivity index (χ3v) is 4.89. The molecule has 0 aliphatic carbocycles. The van der Waals surface area contributed by atoms with Crippen LogP contribution in [0.5, 0.6) is 0 Å². The highest BCUT2D eigenvalue weighted by Gasteiger charge is 2.41. The second-order valence-electron chi connectivity index (χ2n) is 5.28. The van der Waals surface area contributed by atoms with Crippen LogP contribution in [0.3, 0.4) is 0 Å². The Balaban J connectivity index is 1.78. The molecule has 2 aromatic rings. The standard InChI is InChI=1S/C15H11Cl2N3O4S/c16-7-1-2-10(9(17)3-7)19-11-5-12(21)20(14(11)24)15-18-8(6-25-15)4-13(22)23/h1-3,6,11,19H,4-5H2,(H,22,23). The summed E-state index contributed by atoms with van der Waals surface area (Å²) in [6.45, 7) is 0. The summed E-state index contributed by atoms with van der Waals surface area (Å²) in [6.07, 6.45) is -0.319. The number of carbonyl (C=O) groups excluding carboxylic acids is 2. The first-order chi connectivity index (χ1) is 11.8. The number of nitrogens with zero attached hydrogens (tertiary/aromatic N) is 2. The molecular formula is C15H11Cl2N3O4S. The molecule has 3 rings (SSSR count). The van der Waals surface area contributed by atoms with E-state index in [0.717, 1.165) is 16.2 Å². The number of halogens is 2. The van der Waals surface area contributed by atoms with Gasteiger partial charge in [-0.3, -0.25) is 14.4 Å². The Kier molecular flexibility index (Phi) is 4.94. The van der Waals surface area contributed by atoms with E-state index in [0.29, 0.717) is 21.4 Å². The Labute approximate surface area is 156 Å². The summed E-state index contributed by atoms with van der Waals surface area (Å²) in [6, 6.07) is 3.99. The lowest BCUT2D eigenvalue weighted by molar-refractivity contribution is -0.136. The van der Waals surface area contributed by atoms with Crippen molar-refractivity contribution in [2.24, 2.45) is 0 Å². The number of anilines is 2. The number of rotatable bonds is 5. The summed E-state index contributed by atoms with van der Waals surface area (Å²) < 4.78 is 0. The average molecular weight is 400 g/mol. The first kappa shape index (κ1) is 17.7. The Morgan fingerprint density at radius 3 is 2.84 bits per heavy atom. The van der Waals surface area contributed by atoms with Crippen molar-refractivity contribution < 1.29 is 19.5 Å². The van der Waals surface area contributed by atoms with Gasteiger partial charge in [-0.05, 0) is 18.2 Å². The predicted octanol–water partition coefficient (Wildman–Crippen LogP) is 2.82. The van der Waals surface area contributed by atoms with E-state index in [1.165, 1.54) is 11.4 Å². The smallest absolute Gasteiger partial charge is 0.309 e. The van der Waals surface area contributed by atoms with Gasteiger partial charge in [0.2, 0.25) is 5.91 Å². The normalized spacial score (nSPS) is 17.2. The first-order valence-electron chi connectivity index (χ1n) is 7.09. The second kappa shape index (κ2) is 6.99. The third kappa shape index (κ3) is 3.76. The zero-order valence-corrected chi connectivity index (χ0v) is 14.9. The fraction of sp³-hybridized carbons (Fsp3) is 0.200. The van der Waals surface area contributed by atoms with Gasteiger partial charge in [-0.1, -0.05) is 23.2 Å². The Hall–Kier alpha value is -2.16. The van der Waals surface area contributed by atoms with Crippen LogP contribution in [-0.4, -0.2) is 33.9 Å². The predicted molar refractivity (Wildman–Crippen MR) is 94.4 cm³/mol. The minimum atomic E-state index is -1.03. The number of hydrogen-bond donors (Lipinski definition) is 2. The van der Waals surface area contributed by atoms with Crippen molar-refractivity contribution in [2.75, 3.05) is 10.2 Å². The molecule has 1 saturated heterocycles. The van der Waals surface area contributed by atoms with Crippen molar-refractivity contribution in [3.63, 3.8) is 0 Å². The molecule has 1 aliphatic heterocycles. The molecule has 130 valence electrons. The molecule has 10 heteroatoms. The number of nitrogens with one attached hydrogen (secondary N) is 1. The molecular weight excluding hydrogens is 389 g/mol. The van der Waals surface area contributed by atoms with E-state index >= 15 is 0 Å². The van der Waals surface area contributed by atoms with Gasteiger partial charge in [-0.15, -0.1) is 11.3 Å². The van der Waals surface area contributed by atoms with Crippen LogP contribution < -0.4 is 10.2 Å². The molecule has 1 fully saturated rings. The Morgan fingerprint density at radius 2 is 2.16 bits per heavy atom. The molecule has 2 N–H and O–H groups in total. The first-order valence-corrected chi connectivity index (χ1v) is 8.73. The third-order valence-electron chi connectivity index (χ3n) is 3.47. The van der Waals surface area contributed by atoms with Gasteiger partial charge in [-0.2, -0.15) is 0 Å². The number of carboxylic acid groups (broad SMARTS) is 1. The molecule has 25 heavy (non-hydrogen) atoms. The van der Waals surface area contributed by atoms with E-state index in [-0.39, 0.29) is 18.0 Å². The van der Waals surface area contributed by atoms with Gasteiger partial charge < -0.3 is 10.4 Å². The maximum absolute atomic E-state index is 12.6. The lowest BCUT2D eigenvalue weighted by Crippen LogP contribution is -2.34. The number of carbonyl (C=O) groups is 3. The van der Waals surface area contributed by atoms with Crippen molar-refractivity contribution in [3.8, 4) is 0 Å². The van der Waals surface area contributed by atoms with Crippen LogP contribution in [0.25, 0.3) is 0 Å². The number of thiazole rings is 1. The molecule has 0 spiro atoms. The van der Waals surface area contributed by atoms with Crippen LogP contribution in [-0.2, 0) is 20.8 Å². The van der Waals surface area contributed by atoms with E-state index in [1.807, 2.05) is 0 Å². The van der Waals surface area contributed by atoms with Crippen molar-refractivity contribution in [1.82, 2.24) is 4.98 Å². The molecule has 2 heterocycles. The van der Waals surface area contributed by atoms with Crippen molar-refractivity contribution in [2.45, 2.75) is 18.9 Å². The molecule has 0 bridgehead atoms. The molecule has 0 radical (unpaired) electrons. The second-order valence-corrected chi connectivity index (χ2v) is 6.96. The largest absolute Gasteiger partial charge is 0.481 e. The zero-order chi connectivity index (χ0) is 18.1. The van der Waals surface area contributed by atoms with Crippen LogP contribution in [0, 0.1) is 0 Å². The molecule has 0 saturated carbocycles. The average Bonchev–Trinajstić information content (AvgIpc) is 3.06. The molecule has 1 aromatic carbocycles. The minimum Gasteiger partial charge on any atom is -0.481 e. The monoisotopic (exact) mass is 399 g/mol. The summed E-state index contributed by atoms with van der Waals surface area (Å²) in [5.74, 6) is -1.91. The Morgan fingerprint density at radius 1 is 1.40 bits per heavy atom. The number of carboxylic acids is 1. The van der Waals surface area contributed by atoms with Gasteiger partial charge in [0.1, 0.15) is 6.04 Å². The van der Waals surface area contributed by atoms with Gasteiger partial charge >= 0.3 is 5.97 Å². The number of aromatic nitrogens is 1. The van der Waals surface area contributed by atoms with Crippen LogP contribution in [0.2, 0.25) is 10.0 Å². The lowest BCUT2D eigenvalue weighted by atomic mass is 10.2. The van der Waals surface area contributed by atoms with Crippen molar-refractivity contribution >= 4 is 63.1 Å². The zero-order valence-electron chi connectivity index (χ0n) is 12.5. The molecule has 1 aliphatic rings. The lowest BCUT2D eigenvalue weighted by Gasteiger charge is -2.14. The maximum Gasteiger partial charge on any atom is 0.309 e. The number of benzene rings is 1.